The normalized spacial score (nSPS) is 10.4. The number of aromatic nitrogens is 4. The van der Waals surface area contributed by atoms with Gasteiger partial charge in [-0.25, -0.2) is 14.6 Å². The maximum absolute atomic E-state index is 5.89. The molecule has 0 aliphatic heterocycles. The topological polar surface area (TPSA) is 69.6 Å². The Kier molecular flexibility index (Phi) is 2.43. The van der Waals surface area contributed by atoms with E-state index in [-0.39, 0.29) is 0 Å². The van der Waals surface area contributed by atoms with Gasteiger partial charge in [0.2, 0.25) is 0 Å². The van der Waals surface area contributed by atoms with Crippen LogP contribution in [0.4, 0.5) is 0 Å². The van der Waals surface area contributed by atoms with Gasteiger partial charge in [0.05, 0.1) is 12.4 Å². The molecule has 6 heteroatoms. The second-order valence-electron chi connectivity index (χ2n) is 2.69. The quantitative estimate of drug-likeness (QED) is 0.794. The van der Waals surface area contributed by atoms with Crippen LogP contribution in [0.5, 0.6) is 0 Å². The first-order valence-corrected chi connectivity index (χ1v) is 4.38. The van der Waals surface area contributed by atoms with Crippen molar-refractivity contribution in [2.45, 2.75) is 6.54 Å². The monoisotopic (exact) mass is 209 g/mol. The fraction of sp³-hybridized carbons (Fsp3) is 0.125. The molecule has 0 unspecified atom stereocenters. The van der Waals surface area contributed by atoms with E-state index in [1.807, 2.05) is 0 Å². The van der Waals surface area contributed by atoms with Gasteiger partial charge in [0.15, 0.2) is 5.82 Å². The van der Waals surface area contributed by atoms with Crippen molar-refractivity contribution in [3.05, 3.63) is 35.5 Å². The van der Waals surface area contributed by atoms with Crippen molar-refractivity contribution in [1.29, 1.82) is 0 Å². The SMILES string of the molecule is NCc1cnn(-c2ncncc2Cl)c1. The Balaban J connectivity index is 2.44. The van der Waals surface area contributed by atoms with Crippen molar-refractivity contribution in [3.8, 4) is 5.82 Å². The zero-order chi connectivity index (χ0) is 9.97. The Morgan fingerprint density at radius 1 is 1.43 bits per heavy atom. The molecule has 0 atom stereocenters. The third-order valence-electron chi connectivity index (χ3n) is 1.74. The summed E-state index contributed by atoms with van der Waals surface area (Å²) in [6, 6.07) is 0. The molecule has 0 aliphatic carbocycles. The Morgan fingerprint density at radius 2 is 2.29 bits per heavy atom. The van der Waals surface area contributed by atoms with Crippen LogP contribution < -0.4 is 5.73 Å². The Labute approximate surface area is 85.5 Å². The molecule has 2 aromatic rings. The minimum atomic E-state index is 0.447. The van der Waals surface area contributed by atoms with Crippen LogP contribution in [-0.2, 0) is 6.54 Å². The summed E-state index contributed by atoms with van der Waals surface area (Å²) in [4.78, 5) is 7.80. The van der Waals surface area contributed by atoms with Crippen LogP contribution in [0.1, 0.15) is 5.56 Å². The van der Waals surface area contributed by atoms with E-state index < -0.39 is 0 Å². The number of hydrogen-bond acceptors (Lipinski definition) is 4. The van der Waals surface area contributed by atoms with Gasteiger partial charge >= 0.3 is 0 Å². The maximum Gasteiger partial charge on any atom is 0.175 e. The van der Waals surface area contributed by atoms with Crippen LogP contribution in [0, 0.1) is 0 Å². The van der Waals surface area contributed by atoms with Gasteiger partial charge in [-0.15, -0.1) is 0 Å². The van der Waals surface area contributed by atoms with Crippen LogP contribution >= 0.6 is 11.6 Å². The first-order valence-electron chi connectivity index (χ1n) is 4.01. The van der Waals surface area contributed by atoms with E-state index in [2.05, 4.69) is 15.1 Å². The first kappa shape index (κ1) is 9.11. The predicted octanol–water partition coefficient (Wildman–Crippen LogP) is 0.774. The molecule has 0 fully saturated rings. The molecule has 0 bridgehead atoms. The molecule has 2 aromatic heterocycles. The van der Waals surface area contributed by atoms with Crippen molar-refractivity contribution < 1.29 is 0 Å². The van der Waals surface area contributed by atoms with Crippen molar-refractivity contribution in [3.63, 3.8) is 0 Å². The van der Waals surface area contributed by atoms with E-state index in [0.717, 1.165) is 5.56 Å². The number of hydrogen-bond donors (Lipinski definition) is 1. The summed E-state index contributed by atoms with van der Waals surface area (Å²) in [6.07, 6.45) is 6.41. The second-order valence-corrected chi connectivity index (χ2v) is 3.10. The van der Waals surface area contributed by atoms with Crippen molar-refractivity contribution in [2.75, 3.05) is 0 Å². The van der Waals surface area contributed by atoms with E-state index in [1.54, 1.807) is 17.1 Å². The molecule has 2 N–H and O–H groups in total. The Morgan fingerprint density at radius 3 is 2.93 bits per heavy atom. The number of nitrogens with two attached hydrogens (primary N) is 1. The molecule has 2 rings (SSSR count). The van der Waals surface area contributed by atoms with Crippen LogP contribution in [0.2, 0.25) is 5.02 Å². The molecule has 0 saturated heterocycles. The first-order chi connectivity index (χ1) is 6.81. The lowest BCUT2D eigenvalue weighted by atomic mass is 10.4. The molecule has 0 amide bonds. The largest absolute Gasteiger partial charge is 0.326 e. The third-order valence-corrected chi connectivity index (χ3v) is 2.00. The molecule has 2 heterocycles. The molecule has 72 valence electrons. The Hall–Kier alpha value is -1.46. The second kappa shape index (κ2) is 3.73. The van der Waals surface area contributed by atoms with Gasteiger partial charge < -0.3 is 5.73 Å². The molecular formula is C8H8ClN5. The fourth-order valence-electron chi connectivity index (χ4n) is 1.06. The summed E-state index contributed by atoms with van der Waals surface area (Å²) in [7, 11) is 0. The molecule has 0 aliphatic rings. The zero-order valence-electron chi connectivity index (χ0n) is 7.26. The summed E-state index contributed by atoms with van der Waals surface area (Å²) in [6.45, 7) is 0.447. The lowest BCUT2D eigenvalue weighted by Gasteiger charge is -2.00. The average Bonchev–Trinajstić information content (AvgIpc) is 2.67. The van der Waals surface area contributed by atoms with Crippen LogP contribution in [0.25, 0.3) is 5.82 Å². The minimum absolute atomic E-state index is 0.447. The molecular weight excluding hydrogens is 202 g/mol. The average molecular weight is 210 g/mol. The summed E-state index contributed by atoms with van der Waals surface area (Å²) < 4.78 is 1.58. The molecule has 0 radical (unpaired) electrons. The maximum atomic E-state index is 5.89. The fourth-order valence-corrected chi connectivity index (χ4v) is 1.25. The highest BCUT2D eigenvalue weighted by molar-refractivity contribution is 6.31. The standard InChI is InChI=1S/C8H8ClN5/c9-7-3-11-5-12-8(7)14-4-6(1-10)2-13-14/h2-5H,1,10H2. The van der Waals surface area contributed by atoms with Gasteiger partial charge in [0.1, 0.15) is 11.3 Å². The van der Waals surface area contributed by atoms with Crippen LogP contribution in [0.3, 0.4) is 0 Å². The highest BCUT2D eigenvalue weighted by Gasteiger charge is 2.05. The van der Waals surface area contributed by atoms with Gasteiger partial charge in [0.25, 0.3) is 0 Å². The zero-order valence-corrected chi connectivity index (χ0v) is 8.02. The lowest BCUT2D eigenvalue weighted by molar-refractivity contribution is 0.839. The summed E-state index contributed by atoms with van der Waals surface area (Å²) in [5, 5.41) is 4.54. The van der Waals surface area contributed by atoms with Crippen molar-refractivity contribution in [2.24, 2.45) is 5.73 Å². The van der Waals surface area contributed by atoms with E-state index in [1.165, 1.54) is 12.5 Å². The third kappa shape index (κ3) is 1.59. The molecule has 5 nitrogen and oxygen atoms in total. The number of rotatable bonds is 2. The number of nitrogens with zero attached hydrogens (tertiary/aromatic N) is 4. The van der Waals surface area contributed by atoms with Crippen LogP contribution in [-0.4, -0.2) is 19.7 Å². The molecule has 0 saturated carbocycles. The molecule has 14 heavy (non-hydrogen) atoms. The Bertz CT molecular complexity index is 439. The van der Waals surface area contributed by atoms with Crippen molar-refractivity contribution >= 4 is 11.6 Å². The van der Waals surface area contributed by atoms with Gasteiger partial charge in [-0.2, -0.15) is 5.10 Å². The van der Waals surface area contributed by atoms with Crippen molar-refractivity contribution in [1.82, 2.24) is 19.7 Å². The predicted molar refractivity (Wildman–Crippen MR) is 52.1 cm³/mol. The lowest BCUT2D eigenvalue weighted by Crippen LogP contribution is -1.99. The smallest absolute Gasteiger partial charge is 0.175 e. The minimum Gasteiger partial charge on any atom is -0.326 e. The van der Waals surface area contributed by atoms with Gasteiger partial charge in [-0.1, -0.05) is 11.6 Å². The summed E-state index contributed by atoms with van der Waals surface area (Å²) >= 11 is 5.89. The summed E-state index contributed by atoms with van der Waals surface area (Å²) in [5.41, 5.74) is 6.39. The van der Waals surface area contributed by atoms with Crippen LogP contribution in [0.15, 0.2) is 24.9 Å². The van der Waals surface area contributed by atoms with E-state index in [9.17, 15) is 0 Å². The van der Waals surface area contributed by atoms with E-state index in [4.69, 9.17) is 17.3 Å². The highest BCUT2D eigenvalue weighted by Crippen LogP contribution is 2.15. The molecule has 0 spiro atoms. The molecule has 0 aromatic carbocycles. The van der Waals surface area contributed by atoms with E-state index >= 15 is 0 Å². The number of halogens is 1. The summed E-state index contributed by atoms with van der Waals surface area (Å²) in [5.74, 6) is 0.557. The van der Waals surface area contributed by atoms with Gasteiger partial charge in [-0.05, 0) is 0 Å². The van der Waals surface area contributed by atoms with Gasteiger partial charge in [0, 0.05) is 18.3 Å². The highest BCUT2D eigenvalue weighted by atomic mass is 35.5. The van der Waals surface area contributed by atoms with E-state index in [0.29, 0.717) is 17.4 Å². The van der Waals surface area contributed by atoms with Gasteiger partial charge in [-0.3, -0.25) is 0 Å².